The van der Waals surface area contributed by atoms with Crippen molar-refractivity contribution >= 4 is 11.6 Å². The van der Waals surface area contributed by atoms with Gasteiger partial charge in [-0.1, -0.05) is 24.6 Å². The number of halogens is 2. The molecule has 1 aromatic carbocycles. The number of ether oxygens (including phenoxy) is 1. The molecule has 0 radical (unpaired) electrons. The van der Waals surface area contributed by atoms with Crippen molar-refractivity contribution in [3.63, 3.8) is 0 Å². The highest BCUT2D eigenvalue weighted by molar-refractivity contribution is 6.31. The van der Waals surface area contributed by atoms with E-state index in [4.69, 9.17) is 16.3 Å². The molecule has 0 saturated carbocycles. The van der Waals surface area contributed by atoms with Crippen molar-refractivity contribution in [1.82, 2.24) is 5.32 Å². The molecule has 0 spiro atoms. The van der Waals surface area contributed by atoms with Crippen LogP contribution >= 0.6 is 11.6 Å². The van der Waals surface area contributed by atoms with E-state index in [1.165, 1.54) is 6.07 Å². The van der Waals surface area contributed by atoms with Crippen LogP contribution in [0.1, 0.15) is 18.9 Å². The van der Waals surface area contributed by atoms with Crippen LogP contribution in [-0.2, 0) is 11.2 Å². The van der Waals surface area contributed by atoms with Crippen molar-refractivity contribution in [2.24, 2.45) is 0 Å². The van der Waals surface area contributed by atoms with Gasteiger partial charge in [-0.05, 0) is 32.0 Å². The van der Waals surface area contributed by atoms with Gasteiger partial charge in [-0.25, -0.2) is 4.39 Å². The highest BCUT2D eigenvalue weighted by atomic mass is 35.5. The number of hydrogen-bond donors (Lipinski definition) is 1. The van der Waals surface area contributed by atoms with E-state index in [0.29, 0.717) is 17.0 Å². The van der Waals surface area contributed by atoms with Gasteiger partial charge in [0, 0.05) is 23.7 Å². The highest BCUT2D eigenvalue weighted by Gasteiger charge is 2.21. The minimum atomic E-state index is -0.260. The monoisotopic (exact) mass is 259 g/mol. The summed E-state index contributed by atoms with van der Waals surface area (Å²) in [4.78, 5) is 0. The summed E-state index contributed by atoms with van der Waals surface area (Å²) >= 11 is 6.01. The Hall–Kier alpha value is -0.640. The Kier molecular flexibility index (Phi) is 5.89. The predicted molar refractivity (Wildman–Crippen MR) is 69.0 cm³/mol. The minimum Gasteiger partial charge on any atom is -0.380 e. The van der Waals surface area contributed by atoms with Crippen LogP contribution in [0.15, 0.2) is 18.2 Å². The van der Waals surface area contributed by atoms with Gasteiger partial charge >= 0.3 is 0 Å². The molecule has 0 fully saturated rings. The van der Waals surface area contributed by atoms with Crippen LogP contribution in [0.5, 0.6) is 0 Å². The van der Waals surface area contributed by atoms with Crippen LogP contribution in [0, 0.1) is 5.82 Å². The molecule has 1 N–H and O–H groups in total. The maximum absolute atomic E-state index is 13.7. The van der Waals surface area contributed by atoms with E-state index in [0.717, 1.165) is 6.42 Å². The van der Waals surface area contributed by atoms with E-state index in [1.54, 1.807) is 19.2 Å². The number of nitrogens with one attached hydrogen (secondary N) is 1. The first-order valence-corrected chi connectivity index (χ1v) is 6.14. The topological polar surface area (TPSA) is 21.3 Å². The molecular formula is C13H19ClFNO. The van der Waals surface area contributed by atoms with Gasteiger partial charge in [0.25, 0.3) is 0 Å². The van der Waals surface area contributed by atoms with E-state index in [2.05, 4.69) is 5.32 Å². The van der Waals surface area contributed by atoms with Crippen LogP contribution in [0.25, 0.3) is 0 Å². The standard InChI is InChI=1S/C13H19ClFNO/c1-4-13(17-3)12(16-2)8-9-10(14)6-5-7-11(9)15/h5-7,12-13,16H,4,8H2,1-3H3. The van der Waals surface area contributed by atoms with Crippen LogP contribution in [0.3, 0.4) is 0 Å². The second-order valence-corrected chi connectivity index (χ2v) is 4.39. The van der Waals surface area contributed by atoms with Gasteiger partial charge < -0.3 is 10.1 Å². The van der Waals surface area contributed by atoms with E-state index >= 15 is 0 Å². The lowest BCUT2D eigenvalue weighted by Gasteiger charge is -2.25. The molecule has 0 aromatic heterocycles. The lowest BCUT2D eigenvalue weighted by atomic mass is 9.99. The third-order valence-corrected chi connectivity index (χ3v) is 3.36. The summed E-state index contributed by atoms with van der Waals surface area (Å²) in [6.45, 7) is 2.04. The fourth-order valence-corrected chi connectivity index (χ4v) is 2.22. The minimum absolute atomic E-state index is 0.0515. The van der Waals surface area contributed by atoms with Gasteiger partial charge in [-0.15, -0.1) is 0 Å². The third-order valence-electron chi connectivity index (χ3n) is 3.01. The number of rotatable bonds is 6. The van der Waals surface area contributed by atoms with Crippen molar-refractivity contribution < 1.29 is 9.13 Å². The fraction of sp³-hybridized carbons (Fsp3) is 0.538. The lowest BCUT2D eigenvalue weighted by molar-refractivity contribution is 0.0675. The van der Waals surface area contributed by atoms with Crippen LogP contribution in [0.4, 0.5) is 4.39 Å². The SMILES string of the molecule is CCC(OC)C(Cc1c(F)cccc1Cl)NC. The molecule has 17 heavy (non-hydrogen) atoms. The van der Waals surface area contributed by atoms with Crippen LogP contribution < -0.4 is 5.32 Å². The molecule has 0 aliphatic carbocycles. The maximum Gasteiger partial charge on any atom is 0.127 e. The first kappa shape index (κ1) is 14.4. The quantitative estimate of drug-likeness (QED) is 0.848. The number of hydrogen-bond acceptors (Lipinski definition) is 2. The van der Waals surface area contributed by atoms with Gasteiger partial charge in [0.05, 0.1) is 6.10 Å². The molecule has 96 valence electrons. The zero-order valence-corrected chi connectivity index (χ0v) is 11.2. The molecule has 4 heteroatoms. The largest absolute Gasteiger partial charge is 0.380 e. The van der Waals surface area contributed by atoms with E-state index < -0.39 is 0 Å². The van der Waals surface area contributed by atoms with Crippen molar-refractivity contribution in [3.05, 3.63) is 34.6 Å². The van der Waals surface area contributed by atoms with Gasteiger partial charge in [-0.3, -0.25) is 0 Å². The molecule has 0 heterocycles. The first-order valence-electron chi connectivity index (χ1n) is 5.77. The number of likely N-dealkylation sites (N-methyl/N-ethyl adjacent to an activating group) is 1. The van der Waals surface area contributed by atoms with Crippen molar-refractivity contribution in [3.8, 4) is 0 Å². The van der Waals surface area contributed by atoms with Crippen molar-refractivity contribution in [2.45, 2.75) is 31.9 Å². The first-order chi connectivity index (χ1) is 8.13. The van der Waals surface area contributed by atoms with E-state index in [1.807, 2.05) is 14.0 Å². The second kappa shape index (κ2) is 6.94. The molecule has 0 bridgehead atoms. The smallest absolute Gasteiger partial charge is 0.127 e. The Labute approximate surface area is 107 Å². The molecule has 1 aromatic rings. The Morgan fingerprint density at radius 3 is 2.65 bits per heavy atom. The molecule has 0 aliphatic heterocycles. The summed E-state index contributed by atoms with van der Waals surface area (Å²) < 4.78 is 19.0. The Bertz CT molecular complexity index is 335. The fourth-order valence-electron chi connectivity index (χ4n) is 1.98. The highest BCUT2D eigenvalue weighted by Crippen LogP contribution is 2.22. The molecular weight excluding hydrogens is 241 g/mol. The molecule has 0 aliphatic rings. The Morgan fingerprint density at radius 2 is 2.18 bits per heavy atom. The van der Waals surface area contributed by atoms with E-state index in [-0.39, 0.29) is 18.0 Å². The van der Waals surface area contributed by atoms with Crippen LogP contribution in [-0.4, -0.2) is 26.3 Å². The summed E-state index contributed by atoms with van der Waals surface area (Å²) in [5, 5.41) is 3.63. The number of methoxy groups -OCH3 is 1. The summed E-state index contributed by atoms with van der Waals surface area (Å²) in [5.74, 6) is -0.260. The van der Waals surface area contributed by atoms with Gasteiger partial charge in [-0.2, -0.15) is 0 Å². The van der Waals surface area contributed by atoms with Gasteiger partial charge in [0.1, 0.15) is 5.82 Å². The lowest BCUT2D eigenvalue weighted by Crippen LogP contribution is -2.40. The van der Waals surface area contributed by atoms with Crippen LogP contribution in [0.2, 0.25) is 5.02 Å². The van der Waals surface area contributed by atoms with E-state index in [9.17, 15) is 4.39 Å². The summed E-state index contributed by atoms with van der Waals surface area (Å²) in [6, 6.07) is 4.81. The predicted octanol–water partition coefficient (Wildman–Crippen LogP) is 3.03. The molecule has 2 nitrogen and oxygen atoms in total. The Balaban J connectivity index is 2.87. The maximum atomic E-state index is 13.7. The molecule has 2 atom stereocenters. The Morgan fingerprint density at radius 1 is 1.47 bits per heavy atom. The second-order valence-electron chi connectivity index (χ2n) is 3.98. The summed E-state index contributed by atoms with van der Waals surface area (Å²) in [5.41, 5.74) is 0.545. The molecule has 0 amide bonds. The summed E-state index contributed by atoms with van der Waals surface area (Å²) in [7, 11) is 3.52. The number of benzene rings is 1. The zero-order valence-electron chi connectivity index (χ0n) is 10.5. The molecule has 1 rings (SSSR count). The van der Waals surface area contributed by atoms with Crippen molar-refractivity contribution in [1.29, 1.82) is 0 Å². The third kappa shape index (κ3) is 3.66. The average molecular weight is 260 g/mol. The van der Waals surface area contributed by atoms with Gasteiger partial charge in [0.2, 0.25) is 0 Å². The average Bonchev–Trinajstić information content (AvgIpc) is 2.33. The molecule has 2 unspecified atom stereocenters. The molecule has 0 saturated heterocycles. The zero-order chi connectivity index (χ0) is 12.8. The summed E-state index contributed by atoms with van der Waals surface area (Å²) in [6.07, 6.45) is 1.44. The van der Waals surface area contributed by atoms with Crippen molar-refractivity contribution in [2.75, 3.05) is 14.2 Å². The van der Waals surface area contributed by atoms with Gasteiger partial charge in [0.15, 0.2) is 0 Å². The normalized spacial score (nSPS) is 14.6.